The van der Waals surface area contributed by atoms with Crippen LogP contribution in [0.4, 0.5) is 14.5 Å². The van der Waals surface area contributed by atoms with Gasteiger partial charge in [-0.25, -0.2) is 8.42 Å². The number of hydrogen-bond acceptors (Lipinski definition) is 4. The topological polar surface area (TPSA) is 58.2 Å². The second-order valence-electron chi connectivity index (χ2n) is 4.92. The van der Waals surface area contributed by atoms with Crippen LogP contribution in [0, 0.1) is 5.92 Å². The fraction of sp³-hybridized carbons (Fsp3) is 0.538. The number of hydrogen-bond donors (Lipinski definition) is 2. The normalized spacial score (nSPS) is 20.1. The summed E-state index contributed by atoms with van der Waals surface area (Å²) < 4.78 is 47.3. The first-order chi connectivity index (χ1) is 9.50. The molecule has 0 saturated carbocycles. The van der Waals surface area contributed by atoms with Crippen molar-refractivity contribution in [3.05, 3.63) is 24.3 Å². The van der Waals surface area contributed by atoms with Gasteiger partial charge in [0, 0.05) is 12.2 Å². The molecular formula is C13H18F2N2O2S. The Hall–Kier alpha value is -1.21. The van der Waals surface area contributed by atoms with Gasteiger partial charge in [-0.05, 0) is 56.1 Å². The monoisotopic (exact) mass is 304 g/mol. The van der Waals surface area contributed by atoms with Crippen LogP contribution in [-0.4, -0.2) is 33.8 Å². The van der Waals surface area contributed by atoms with Gasteiger partial charge in [0.05, 0.1) is 4.90 Å². The molecule has 20 heavy (non-hydrogen) atoms. The van der Waals surface area contributed by atoms with Crippen LogP contribution in [-0.2, 0) is 9.84 Å². The summed E-state index contributed by atoms with van der Waals surface area (Å²) in [5, 5.41) is 6.51. The zero-order chi connectivity index (χ0) is 14.6. The molecule has 0 aromatic heterocycles. The van der Waals surface area contributed by atoms with Gasteiger partial charge in [-0.1, -0.05) is 0 Å². The SMILES string of the molecule is O=S(=O)(c1ccc(NCC2CCCNC2)cc1)C(F)F. The van der Waals surface area contributed by atoms with Gasteiger partial charge in [0.2, 0.25) is 9.84 Å². The summed E-state index contributed by atoms with van der Waals surface area (Å²) in [4.78, 5) is -0.350. The van der Waals surface area contributed by atoms with E-state index < -0.39 is 15.6 Å². The van der Waals surface area contributed by atoms with E-state index in [1.54, 1.807) is 0 Å². The van der Waals surface area contributed by atoms with E-state index in [0.717, 1.165) is 38.2 Å². The van der Waals surface area contributed by atoms with E-state index in [2.05, 4.69) is 10.6 Å². The van der Waals surface area contributed by atoms with E-state index >= 15 is 0 Å². The Bertz CT molecular complexity index is 526. The van der Waals surface area contributed by atoms with E-state index in [0.29, 0.717) is 5.92 Å². The van der Waals surface area contributed by atoms with Gasteiger partial charge in [-0.2, -0.15) is 8.78 Å². The van der Waals surface area contributed by atoms with Crippen molar-refractivity contribution in [2.24, 2.45) is 5.92 Å². The molecule has 1 aliphatic heterocycles. The standard InChI is InChI=1S/C13H18F2N2O2S/c14-13(15)20(18,19)12-5-3-11(4-6-12)17-9-10-2-1-7-16-8-10/h3-6,10,13,16-17H,1-2,7-9H2. The summed E-state index contributed by atoms with van der Waals surface area (Å²) >= 11 is 0. The van der Waals surface area contributed by atoms with Crippen molar-refractivity contribution in [3.8, 4) is 0 Å². The van der Waals surface area contributed by atoms with Gasteiger partial charge >= 0.3 is 5.76 Å². The molecule has 1 aliphatic rings. The third-order valence-electron chi connectivity index (χ3n) is 3.41. The number of nitrogens with one attached hydrogen (secondary N) is 2. The molecule has 1 heterocycles. The summed E-state index contributed by atoms with van der Waals surface area (Å²) in [5.41, 5.74) is 0.740. The first kappa shape index (κ1) is 15.2. The van der Waals surface area contributed by atoms with Crippen molar-refractivity contribution in [1.29, 1.82) is 0 Å². The number of anilines is 1. The highest BCUT2D eigenvalue weighted by Gasteiger charge is 2.26. The Kier molecular flexibility index (Phi) is 4.93. The second kappa shape index (κ2) is 6.49. The highest BCUT2D eigenvalue weighted by Crippen LogP contribution is 2.20. The van der Waals surface area contributed by atoms with Gasteiger partial charge in [0.15, 0.2) is 0 Å². The van der Waals surface area contributed by atoms with E-state index in [-0.39, 0.29) is 4.90 Å². The Morgan fingerprint density at radius 1 is 1.30 bits per heavy atom. The van der Waals surface area contributed by atoms with Crippen molar-refractivity contribution in [2.75, 3.05) is 25.0 Å². The number of rotatable bonds is 5. The first-order valence-electron chi connectivity index (χ1n) is 6.57. The summed E-state index contributed by atoms with van der Waals surface area (Å²) in [5.74, 6) is -2.84. The highest BCUT2D eigenvalue weighted by atomic mass is 32.2. The molecule has 7 heteroatoms. The van der Waals surface area contributed by atoms with Gasteiger partial charge in [-0.3, -0.25) is 0 Å². The predicted molar refractivity (Wildman–Crippen MR) is 73.7 cm³/mol. The van der Waals surface area contributed by atoms with Crippen LogP contribution in [0.2, 0.25) is 0 Å². The minimum Gasteiger partial charge on any atom is -0.385 e. The number of halogens is 2. The zero-order valence-corrected chi connectivity index (χ0v) is 11.8. The lowest BCUT2D eigenvalue weighted by atomic mass is 10.00. The minimum absolute atomic E-state index is 0.350. The smallest absolute Gasteiger partial charge is 0.341 e. The van der Waals surface area contributed by atoms with Crippen molar-refractivity contribution in [2.45, 2.75) is 23.5 Å². The average Bonchev–Trinajstić information content (AvgIpc) is 2.46. The van der Waals surface area contributed by atoms with Crippen molar-refractivity contribution in [1.82, 2.24) is 5.32 Å². The maximum absolute atomic E-state index is 12.4. The molecular weight excluding hydrogens is 286 g/mol. The number of piperidine rings is 1. The van der Waals surface area contributed by atoms with Crippen LogP contribution < -0.4 is 10.6 Å². The third-order valence-corrected chi connectivity index (χ3v) is 4.81. The van der Waals surface area contributed by atoms with Crippen LogP contribution in [0.15, 0.2) is 29.2 Å². The van der Waals surface area contributed by atoms with Crippen molar-refractivity contribution in [3.63, 3.8) is 0 Å². The van der Waals surface area contributed by atoms with Crippen molar-refractivity contribution >= 4 is 15.5 Å². The van der Waals surface area contributed by atoms with Gasteiger partial charge in [0.25, 0.3) is 0 Å². The van der Waals surface area contributed by atoms with Gasteiger partial charge in [-0.15, -0.1) is 0 Å². The fourth-order valence-corrected chi connectivity index (χ4v) is 2.95. The number of benzene rings is 1. The second-order valence-corrected chi connectivity index (χ2v) is 6.84. The first-order valence-corrected chi connectivity index (χ1v) is 8.11. The predicted octanol–water partition coefficient (Wildman–Crippen LogP) is 2.09. The molecule has 2 N–H and O–H groups in total. The molecule has 1 saturated heterocycles. The molecule has 112 valence electrons. The molecule has 0 aliphatic carbocycles. The highest BCUT2D eigenvalue weighted by molar-refractivity contribution is 7.91. The van der Waals surface area contributed by atoms with Crippen molar-refractivity contribution < 1.29 is 17.2 Å². The van der Waals surface area contributed by atoms with Gasteiger partial charge in [0.1, 0.15) is 0 Å². The van der Waals surface area contributed by atoms with E-state index in [9.17, 15) is 17.2 Å². The number of alkyl halides is 2. The lowest BCUT2D eigenvalue weighted by Gasteiger charge is -2.23. The van der Waals surface area contributed by atoms with Crippen LogP contribution >= 0.6 is 0 Å². The largest absolute Gasteiger partial charge is 0.385 e. The van der Waals surface area contributed by atoms with E-state index in [1.165, 1.54) is 24.3 Å². The van der Waals surface area contributed by atoms with Crippen LogP contribution in [0.3, 0.4) is 0 Å². The number of sulfone groups is 1. The minimum atomic E-state index is -4.50. The molecule has 0 spiro atoms. The van der Waals surface area contributed by atoms with E-state index in [4.69, 9.17) is 0 Å². The molecule has 0 amide bonds. The van der Waals surface area contributed by atoms with E-state index in [1.807, 2.05) is 0 Å². The summed E-state index contributed by atoms with van der Waals surface area (Å²) in [6, 6.07) is 5.46. The van der Waals surface area contributed by atoms with Crippen LogP contribution in [0.5, 0.6) is 0 Å². The molecule has 2 rings (SSSR count). The maximum Gasteiger partial charge on any atom is 0.341 e. The molecule has 4 nitrogen and oxygen atoms in total. The summed E-state index contributed by atoms with van der Waals surface area (Å²) in [6.07, 6.45) is 2.30. The van der Waals surface area contributed by atoms with Crippen LogP contribution in [0.25, 0.3) is 0 Å². The fourth-order valence-electron chi connectivity index (χ4n) is 2.23. The average molecular weight is 304 g/mol. The Morgan fingerprint density at radius 3 is 2.55 bits per heavy atom. The molecule has 0 radical (unpaired) electrons. The molecule has 1 fully saturated rings. The Balaban J connectivity index is 1.94. The molecule has 1 unspecified atom stereocenters. The maximum atomic E-state index is 12.4. The van der Waals surface area contributed by atoms with Crippen LogP contribution in [0.1, 0.15) is 12.8 Å². The summed E-state index contributed by atoms with van der Waals surface area (Å²) in [6.45, 7) is 2.80. The lowest BCUT2D eigenvalue weighted by molar-refractivity contribution is 0.234. The quantitative estimate of drug-likeness (QED) is 0.874. The molecule has 1 aromatic carbocycles. The molecule has 0 bridgehead atoms. The molecule has 1 aromatic rings. The zero-order valence-electron chi connectivity index (χ0n) is 11.0. The Labute approximate surface area is 117 Å². The lowest BCUT2D eigenvalue weighted by Crippen LogP contribution is -2.33. The molecule has 1 atom stereocenters. The summed E-state index contributed by atoms with van der Waals surface area (Å²) in [7, 11) is -4.50. The third kappa shape index (κ3) is 3.67. The Morgan fingerprint density at radius 2 is 2.00 bits per heavy atom. The van der Waals surface area contributed by atoms with Gasteiger partial charge < -0.3 is 10.6 Å².